The van der Waals surface area contributed by atoms with E-state index in [4.69, 9.17) is 5.73 Å². The van der Waals surface area contributed by atoms with Crippen LogP contribution in [0.15, 0.2) is 18.6 Å². The highest BCUT2D eigenvalue weighted by atomic mass is 32.1. The fourth-order valence-corrected chi connectivity index (χ4v) is 1.30. The largest absolute Gasteiger partial charge is 0.367 e. The average molecular weight is 179 g/mol. The molecule has 0 saturated heterocycles. The van der Waals surface area contributed by atoms with Gasteiger partial charge in [-0.1, -0.05) is 0 Å². The highest BCUT2D eigenvalue weighted by Crippen LogP contribution is 2.17. The molecule has 2 aromatic rings. The van der Waals surface area contributed by atoms with Crippen molar-refractivity contribution >= 4 is 17.5 Å². The van der Waals surface area contributed by atoms with Crippen molar-refractivity contribution in [3.63, 3.8) is 0 Å². The van der Waals surface area contributed by atoms with Crippen LogP contribution in [-0.4, -0.2) is 19.3 Å². The topological polar surface area (TPSA) is 77.6 Å². The van der Waals surface area contributed by atoms with Crippen molar-refractivity contribution in [2.24, 2.45) is 0 Å². The van der Waals surface area contributed by atoms with Crippen LogP contribution in [-0.2, 0) is 0 Å². The lowest BCUT2D eigenvalue weighted by atomic mass is 10.5. The summed E-state index contributed by atoms with van der Waals surface area (Å²) in [6, 6.07) is 0. The smallest absolute Gasteiger partial charge is 0.232 e. The van der Waals surface area contributed by atoms with Gasteiger partial charge in [-0.3, -0.25) is 9.97 Å². The van der Waals surface area contributed by atoms with Crippen LogP contribution in [0.2, 0.25) is 0 Å². The second-order valence-corrected chi connectivity index (χ2v) is 2.80. The average Bonchev–Trinajstić information content (AvgIpc) is 2.54. The Morgan fingerprint density at radius 2 is 2.25 bits per heavy atom. The Bertz CT molecular complexity index is 370. The molecule has 0 aromatic carbocycles. The number of hydrogen-bond donors (Lipinski definition) is 1. The number of nitrogens with zero attached hydrogens (tertiary/aromatic N) is 4. The molecule has 0 spiro atoms. The molecule has 2 rings (SSSR count). The summed E-state index contributed by atoms with van der Waals surface area (Å²) in [5.74, 6) is 0.278. The lowest BCUT2D eigenvalue weighted by molar-refractivity contribution is 1.19. The van der Waals surface area contributed by atoms with Crippen molar-refractivity contribution in [2.45, 2.75) is 0 Å². The molecule has 12 heavy (non-hydrogen) atoms. The maximum Gasteiger partial charge on any atom is 0.232 e. The van der Waals surface area contributed by atoms with Crippen molar-refractivity contribution in [1.29, 1.82) is 0 Å². The molecule has 2 aromatic heterocycles. The summed E-state index contributed by atoms with van der Waals surface area (Å²) in [4.78, 5) is 11.9. The van der Waals surface area contributed by atoms with Crippen LogP contribution in [0.5, 0.6) is 0 Å². The van der Waals surface area contributed by atoms with E-state index in [1.54, 1.807) is 18.6 Å². The molecular formula is C6H5N5S. The summed E-state index contributed by atoms with van der Waals surface area (Å²) >= 11 is 1.21. The molecule has 60 valence electrons. The van der Waals surface area contributed by atoms with Gasteiger partial charge in [-0.05, 0) is 11.5 Å². The van der Waals surface area contributed by atoms with Crippen molar-refractivity contribution in [3.8, 4) is 10.7 Å². The van der Waals surface area contributed by atoms with Crippen molar-refractivity contribution in [1.82, 2.24) is 19.3 Å². The van der Waals surface area contributed by atoms with Gasteiger partial charge in [0, 0.05) is 12.4 Å². The fourth-order valence-electron chi connectivity index (χ4n) is 0.748. The highest BCUT2D eigenvalue weighted by Gasteiger charge is 2.03. The Morgan fingerprint density at radius 3 is 2.83 bits per heavy atom. The number of aromatic nitrogens is 4. The second kappa shape index (κ2) is 2.82. The van der Waals surface area contributed by atoms with Crippen LogP contribution in [0, 0.1) is 0 Å². The summed E-state index contributed by atoms with van der Waals surface area (Å²) in [6.45, 7) is 0. The number of anilines is 1. The van der Waals surface area contributed by atoms with Gasteiger partial charge in [0.2, 0.25) is 5.95 Å². The molecule has 2 heterocycles. The zero-order valence-electron chi connectivity index (χ0n) is 6.01. The van der Waals surface area contributed by atoms with Crippen molar-refractivity contribution in [2.75, 3.05) is 5.73 Å². The molecule has 0 radical (unpaired) electrons. The molecule has 0 bridgehead atoms. The van der Waals surface area contributed by atoms with Gasteiger partial charge in [0.15, 0.2) is 5.01 Å². The van der Waals surface area contributed by atoms with Gasteiger partial charge in [-0.15, -0.1) is 0 Å². The Morgan fingerprint density at radius 1 is 1.33 bits per heavy atom. The monoisotopic (exact) mass is 179 g/mol. The third kappa shape index (κ3) is 1.24. The first-order valence-electron chi connectivity index (χ1n) is 3.22. The van der Waals surface area contributed by atoms with Gasteiger partial charge in [-0.2, -0.15) is 9.36 Å². The molecule has 0 aliphatic carbocycles. The first-order chi connectivity index (χ1) is 5.86. The molecule has 0 atom stereocenters. The second-order valence-electron chi connectivity index (χ2n) is 2.05. The third-order valence-corrected chi connectivity index (χ3v) is 1.98. The van der Waals surface area contributed by atoms with E-state index in [9.17, 15) is 0 Å². The normalized spacial score (nSPS) is 10.0. The summed E-state index contributed by atoms with van der Waals surface area (Å²) in [6.07, 6.45) is 4.83. The van der Waals surface area contributed by atoms with E-state index in [2.05, 4.69) is 19.3 Å². The van der Waals surface area contributed by atoms with Gasteiger partial charge in [-0.25, -0.2) is 0 Å². The molecular weight excluding hydrogens is 174 g/mol. The Kier molecular flexibility index (Phi) is 1.67. The van der Waals surface area contributed by atoms with Crippen LogP contribution in [0.25, 0.3) is 10.7 Å². The van der Waals surface area contributed by atoms with Crippen LogP contribution >= 0.6 is 11.5 Å². The number of hydrogen-bond acceptors (Lipinski definition) is 6. The van der Waals surface area contributed by atoms with E-state index >= 15 is 0 Å². The Labute approximate surface area is 72.5 Å². The first-order valence-corrected chi connectivity index (χ1v) is 3.99. The number of nitrogens with two attached hydrogens (primary N) is 1. The minimum Gasteiger partial charge on any atom is -0.367 e. The van der Waals surface area contributed by atoms with Crippen molar-refractivity contribution in [3.05, 3.63) is 18.6 Å². The minimum atomic E-state index is 0.278. The van der Waals surface area contributed by atoms with Gasteiger partial charge >= 0.3 is 0 Å². The molecule has 2 N–H and O–H groups in total. The lowest BCUT2D eigenvalue weighted by Crippen LogP contribution is -1.87. The lowest BCUT2D eigenvalue weighted by Gasteiger charge is -1.89. The van der Waals surface area contributed by atoms with E-state index in [1.165, 1.54) is 11.5 Å². The zero-order valence-corrected chi connectivity index (χ0v) is 6.82. The van der Waals surface area contributed by atoms with Crippen LogP contribution in [0.4, 0.5) is 5.95 Å². The molecule has 0 saturated carbocycles. The Balaban J connectivity index is 2.45. The molecule has 0 aliphatic heterocycles. The first kappa shape index (κ1) is 7.11. The number of nitrogen functional groups attached to an aromatic ring is 1. The molecule has 0 fully saturated rings. The predicted octanol–water partition coefficient (Wildman–Crippen LogP) is 0.577. The minimum absolute atomic E-state index is 0.278. The zero-order chi connectivity index (χ0) is 8.39. The van der Waals surface area contributed by atoms with Gasteiger partial charge < -0.3 is 5.73 Å². The maximum atomic E-state index is 5.36. The van der Waals surface area contributed by atoms with Crippen LogP contribution in [0.3, 0.4) is 0 Å². The fraction of sp³-hybridized carbons (Fsp3) is 0. The molecule has 0 amide bonds. The van der Waals surface area contributed by atoms with E-state index in [0.717, 1.165) is 0 Å². The van der Waals surface area contributed by atoms with Crippen LogP contribution in [0.1, 0.15) is 0 Å². The van der Waals surface area contributed by atoms with Gasteiger partial charge in [0.05, 0.1) is 6.20 Å². The molecule has 5 nitrogen and oxygen atoms in total. The standard InChI is InChI=1S/C6H5N5S/c7-6-10-5(12-11-6)4-3-8-1-2-9-4/h1-3H,(H2,7,11). The van der Waals surface area contributed by atoms with E-state index in [0.29, 0.717) is 10.7 Å². The molecule has 6 heteroatoms. The van der Waals surface area contributed by atoms with Crippen LogP contribution < -0.4 is 5.73 Å². The summed E-state index contributed by atoms with van der Waals surface area (Å²) < 4.78 is 3.83. The molecule has 0 unspecified atom stereocenters. The van der Waals surface area contributed by atoms with E-state index < -0.39 is 0 Å². The summed E-state index contributed by atoms with van der Waals surface area (Å²) in [5.41, 5.74) is 6.06. The summed E-state index contributed by atoms with van der Waals surface area (Å²) in [7, 11) is 0. The van der Waals surface area contributed by atoms with E-state index in [1.807, 2.05) is 0 Å². The molecule has 0 aliphatic rings. The summed E-state index contributed by atoms with van der Waals surface area (Å²) in [5, 5.41) is 0.695. The third-order valence-electron chi connectivity index (χ3n) is 1.22. The van der Waals surface area contributed by atoms with Gasteiger partial charge in [0.25, 0.3) is 0 Å². The van der Waals surface area contributed by atoms with Crippen molar-refractivity contribution < 1.29 is 0 Å². The predicted molar refractivity (Wildman–Crippen MR) is 45.3 cm³/mol. The van der Waals surface area contributed by atoms with E-state index in [-0.39, 0.29) is 5.95 Å². The maximum absolute atomic E-state index is 5.36. The highest BCUT2D eigenvalue weighted by molar-refractivity contribution is 7.09. The number of rotatable bonds is 1. The SMILES string of the molecule is Nc1nsc(-c2cnccn2)n1. The quantitative estimate of drug-likeness (QED) is 0.692. The Hall–Kier alpha value is -1.56. The van der Waals surface area contributed by atoms with Gasteiger partial charge in [0.1, 0.15) is 5.69 Å².